The van der Waals surface area contributed by atoms with Crippen LogP contribution in [0.5, 0.6) is 17.2 Å². The first-order chi connectivity index (χ1) is 17.9. The highest BCUT2D eigenvalue weighted by Gasteiger charge is 2.49. The molecule has 188 valence electrons. The highest BCUT2D eigenvalue weighted by Crippen LogP contribution is 2.42. The van der Waals surface area contributed by atoms with Crippen LogP contribution in [0.2, 0.25) is 0 Å². The lowest BCUT2D eigenvalue weighted by molar-refractivity contribution is -0.132. The van der Waals surface area contributed by atoms with Crippen LogP contribution in [0.25, 0.3) is 16.8 Å². The monoisotopic (exact) mass is 564 g/mol. The normalized spacial score (nSPS) is 16.9. The molecule has 1 aliphatic heterocycles. The fourth-order valence-corrected chi connectivity index (χ4v) is 4.82. The summed E-state index contributed by atoms with van der Waals surface area (Å²) in [5.41, 5.74) is 1.65. The zero-order chi connectivity index (χ0) is 26.3. The smallest absolute Gasteiger partial charge is 0.302 e. The molecule has 0 aliphatic carbocycles. The first-order valence-electron chi connectivity index (χ1n) is 11.1. The molecule has 1 atom stereocenters. The Morgan fingerprint density at radius 3 is 2.38 bits per heavy atom. The van der Waals surface area contributed by atoms with Crippen LogP contribution in [0.4, 0.5) is 5.95 Å². The van der Waals surface area contributed by atoms with Crippen molar-refractivity contribution < 1.29 is 28.9 Å². The minimum atomic E-state index is -1.04. The Kier molecular flexibility index (Phi) is 6.30. The number of halogens is 1. The number of rotatable bonds is 6. The number of ether oxygens (including phenoxy) is 3. The number of nitrogens with zero attached hydrogens (tertiary/aromatic N) is 3. The molecule has 0 saturated carbocycles. The number of aromatic nitrogens is 3. The number of aliphatic hydroxyl groups is 1. The van der Waals surface area contributed by atoms with Crippen molar-refractivity contribution in [2.75, 3.05) is 26.2 Å². The highest BCUT2D eigenvalue weighted by molar-refractivity contribution is 9.10. The van der Waals surface area contributed by atoms with Gasteiger partial charge < -0.3 is 24.3 Å². The summed E-state index contributed by atoms with van der Waals surface area (Å²) in [5, 5.41) is 11.3. The Hall–Kier alpha value is -4.38. The average Bonchev–Trinajstić information content (AvgIpc) is 3.45. The Balaban J connectivity index is 1.70. The number of hydrogen-bond acceptors (Lipinski definition) is 8. The topological polar surface area (TPSA) is 127 Å². The van der Waals surface area contributed by atoms with Gasteiger partial charge in [0.05, 0.1) is 48.1 Å². The zero-order valence-electron chi connectivity index (χ0n) is 20.0. The fourth-order valence-electron chi connectivity index (χ4n) is 4.28. The molecule has 1 unspecified atom stereocenters. The van der Waals surface area contributed by atoms with Crippen molar-refractivity contribution in [3.05, 3.63) is 76.0 Å². The van der Waals surface area contributed by atoms with E-state index in [1.807, 2.05) is 0 Å². The van der Waals surface area contributed by atoms with Crippen LogP contribution in [0.1, 0.15) is 17.3 Å². The van der Waals surface area contributed by atoms with Gasteiger partial charge in [0.2, 0.25) is 5.95 Å². The number of anilines is 1. The largest absolute Gasteiger partial charge is 0.507 e. The molecule has 2 N–H and O–H groups in total. The van der Waals surface area contributed by atoms with Crippen LogP contribution < -0.4 is 19.1 Å². The SMILES string of the molecule is COc1ccc(/C(O)=C2\C(=O)C(=O)N(c3nc4cc(OC)c(OC)cc4[nH]3)C2c2ccccn2)cc1Br. The lowest BCUT2D eigenvalue weighted by Crippen LogP contribution is -2.30. The average molecular weight is 565 g/mol. The van der Waals surface area contributed by atoms with E-state index in [4.69, 9.17) is 14.2 Å². The molecule has 0 spiro atoms. The van der Waals surface area contributed by atoms with E-state index in [9.17, 15) is 14.7 Å². The van der Waals surface area contributed by atoms with Crippen molar-refractivity contribution in [3.8, 4) is 17.2 Å². The summed E-state index contributed by atoms with van der Waals surface area (Å²) in [6.45, 7) is 0. The molecular weight excluding hydrogens is 544 g/mol. The summed E-state index contributed by atoms with van der Waals surface area (Å²) < 4.78 is 16.5. The minimum absolute atomic E-state index is 0.109. The number of pyridine rings is 1. The number of amides is 1. The third-order valence-electron chi connectivity index (χ3n) is 6.04. The molecule has 4 aromatic rings. The Morgan fingerprint density at radius 2 is 1.73 bits per heavy atom. The molecule has 1 amide bonds. The number of carbonyl (C=O) groups is 2. The van der Waals surface area contributed by atoms with E-state index in [0.717, 1.165) is 0 Å². The van der Waals surface area contributed by atoms with E-state index in [-0.39, 0.29) is 17.3 Å². The summed E-state index contributed by atoms with van der Waals surface area (Å²) in [7, 11) is 4.54. The number of hydrogen-bond donors (Lipinski definition) is 2. The molecule has 1 aliphatic rings. The molecule has 5 rings (SSSR count). The van der Waals surface area contributed by atoms with Gasteiger partial charge in [-0.3, -0.25) is 19.5 Å². The number of ketones is 1. The summed E-state index contributed by atoms with van der Waals surface area (Å²) >= 11 is 3.39. The van der Waals surface area contributed by atoms with Gasteiger partial charge in [-0.2, -0.15) is 0 Å². The quantitative estimate of drug-likeness (QED) is 0.201. The predicted octanol–water partition coefficient (Wildman–Crippen LogP) is 4.37. The van der Waals surface area contributed by atoms with Gasteiger partial charge in [-0.25, -0.2) is 4.98 Å². The van der Waals surface area contributed by atoms with Crippen LogP contribution in [0.15, 0.2) is 64.8 Å². The van der Waals surface area contributed by atoms with E-state index in [1.165, 1.54) is 26.2 Å². The molecular formula is C26H21BrN4O6. The Labute approximate surface area is 219 Å². The van der Waals surface area contributed by atoms with Crippen molar-refractivity contribution in [2.45, 2.75) is 6.04 Å². The number of carbonyl (C=O) groups excluding carboxylic acids is 2. The number of benzene rings is 2. The Bertz CT molecular complexity index is 1530. The second-order valence-corrected chi connectivity index (χ2v) is 8.91. The number of aromatic amines is 1. The number of fused-ring (bicyclic) bond motifs is 1. The molecule has 2 aromatic carbocycles. The minimum Gasteiger partial charge on any atom is -0.507 e. The molecule has 3 heterocycles. The van der Waals surface area contributed by atoms with E-state index >= 15 is 0 Å². The second kappa shape index (κ2) is 9.58. The van der Waals surface area contributed by atoms with Crippen LogP contribution in [-0.2, 0) is 9.59 Å². The number of methoxy groups -OCH3 is 3. The molecule has 10 nitrogen and oxygen atoms in total. The molecule has 1 saturated heterocycles. The van der Waals surface area contributed by atoms with Gasteiger partial charge in [0.1, 0.15) is 17.6 Å². The van der Waals surface area contributed by atoms with Gasteiger partial charge in [-0.15, -0.1) is 0 Å². The summed E-state index contributed by atoms with van der Waals surface area (Å²) in [4.78, 5) is 40.0. The predicted molar refractivity (Wildman–Crippen MR) is 139 cm³/mol. The lowest BCUT2D eigenvalue weighted by atomic mass is 9.98. The van der Waals surface area contributed by atoms with Crippen molar-refractivity contribution >= 4 is 50.4 Å². The number of aliphatic hydroxyl groups excluding tert-OH is 1. The number of imidazole rings is 1. The van der Waals surface area contributed by atoms with Gasteiger partial charge in [0.15, 0.2) is 11.5 Å². The summed E-state index contributed by atoms with van der Waals surface area (Å²) in [6, 6.07) is 12.3. The third-order valence-corrected chi connectivity index (χ3v) is 6.66. The maximum Gasteiger partial charge on any atom is 0.302 e. The second-order valence-electron chi connectivity index (χ2n) is 8.06. The van der Waals surface area contributed by atoms with Crippen molar-refractivity contribution in [1.29, 1.82) is 0 Å². The van der Waals surface area contributed by atoms with Gasteiger partial charge in [-0.05, 0) is 46.3 Å². The van der Waals surface area contributed by atoms with Crippen LogP contribution in [-0.4, -0.2) is 53.1 Å². The van der Waals surface area contributed by atoms with Crippen LogP contribution >= 0.6 is 15.9 Å². The molecule has 11 heteroatoms. The van der Waals surface area contributed by atoms with E-state index in [2.05, 4.69) is 30.9 Å². The van der Waals surface area contributed by atoms with Crippen LogP contribution in [0.3, 0.4) is 0 Å². The highest BCUT2D eigenvalue weighted by atomic mass is 79.9. The van der Waals surface area contributed by atoms with Gasteiger partial charge in [0.25, 0.3) is 5.78 Å². The van der Waals surface area contributed by atoms with Crippen LogP contribution in [0, 0.1) is 0 Å². The van der Waals surface area contributed by atoms with Gasteiger partial charge >= 0.3 is 5.91 Å². The third kappa shape index (κ3) is 4.06. The zero-order valence-corrected chi connectivity index (χ0v) is 21.6. The molecule has 0 radical (unpaired) electrons. The molecule has 1 fully saturated rings. The maximum atomic E-state index is 13.4. The molecule has 37 heavy (non-hydrogen) atoms. The van der Waals surface area contributed by atoms with E-state index in [1.54, 1.807) is 54.7 Å². The number of Topliss-reactive ketones (excluding diaryl/α,β-unsaturated/α-hetero) is 1. The fraction of sp³-hybridized carbons (Fsp3) is 0.154. The van der Waals surface area contributed by atoms with E-state index in [0.29, 0.717) is 44.0 Å². The first-order valence-corrected chi connectivity index (χ1v) is 11.8. The van der Waals surface area contributed by atoms with Gasteiger partial charge in [-0.1, -0.05) is 6.07 Å². The van der Waals surface area contributed by atoms with Crippen molar-refractivity contribution in [3.63, 3.8) is 0 Å². The Morgan fingerprint density at radius 1 is 1.00 bits per heavy atom. The summed E-state index contributed by atoms with van der Waals surface area (Å²) in [6.07, 6.45) is 1.55. The van der Waals surface area contributed by atoms with Gasteiger partial charge in [0, 0.05) is 23.9 Å². The maximum absolute atomic E-state index is 13.4. The molecule has 2 aromatic heterocycles. The lowest BCUT2D eigenvalue weighted by Gasteiger charge is -2.22. The standard InChI is InChI=1S/C26H21BrN4O6/c1-35-18-8-7-13(10-14(18)27)23(32)21-22(15-6-4-5-9-28-15)31(25(34)24(21)33)26-29-16-11-19(36-2)20(37-3)12-17(16)30-26/h4-12,22,32H,1-3H3,(H,29,30)/b23-21+. The van der Waals surface area contributed by atoms with Crippen molar-refractivity contribution in [1.82, 2.24) is 15.0 Å². The van der Waals surface area contributed by atoms with E-state index < -0.39 is 17.7 Å². The van der Waals surface area contributed by atoms with Crippen molar-refractivity contribution in [2.24, 2.45) is 0 Å². The number of H-pyrrole nitrogens is 1. The summed E-state index contributed by atoms with van der Waals surface area (Å²) in [5.74, 6) is -0.484. The molecule has 0 bridgehead atoms. The number of nitrogens with one attached hydrogen (secondary N) is 1. The first kappa shape index (κ1) is 24.3.